The summed E-state index contributed by atoms with van der Waals surface area (Å²) in [5, 5.41) is 12.4. The number of aliphatic carboxylic acids is 1. The largest absolute Gasteiger partial charge is 0.480 e. The Hall–Kier alpha value is -1.88. The maximum atomic E-state index is 11.4. The Kier molecular flexibility index (Phi) is 3.85. The number of nitrogens with zero attached hydrogens (tertiary/aromatic N) is 1. The van der Waals surface area contributed by atoms with Gasteiger partial charge in [0.25, 0.3) is 0 Å². The summed E-state index contributed by atoms with van der Waals surface area (Å²) in [4.78, 5) is 15.7. The third-order valence-corrected chi connectivity index (χ3v) is 3.53. The molecule has 0 saturated heterocycles. The van der Waals surface area contributed by atoms with Crippen LogP contribution < -0.4 is 5.32 Å². The van der Waals surface area contributed by atoms with Crippen molar-refractivity contribution in [1.82, 2.24) is 10.3 Å². The van der Waals surface area contributed by atoms with E-state index in [1.807, 2.05) is 38.1 Å². The van der Waals surface area contributed by atoms with Crippen LogP contribution in [0, 0.1) is 0 Å². The molecule has 0 aliphatic heterocycles. The minimum absolute atomic E-state index is 0.308. The Morgan fingerprint density at radius 3 is 2.63 bits per heavy atom. The molecule has 0 saturated carbocycles. The summed E-state index contributed by atoms with van der Waals surface area (Å²) < 4.78 is 5.57. The van der Waals surface area contributed by atoms with Crippen LogP contribution in [0.4, 0.5) is 0 Å². The minimum atomic E-state index is -0.916. The SMILES string of the molecule is CCC(CC)(NCc1nc2ccccc2o1)C(=O)O. The van der Waals surface area contributed by atoms with Crippen LogP contribution in [0.25, 0.3) is 11.1 Å². The van der Waals surface area contributed by atoms with Gasteiger partial charge in [0.1, 0.15) is 11.1 Å². The van der Waals surface area contributed by atoms with Crippen LogP contribution in [0.3, 0.4) is 0 Å². The second-order valence-electron chi connectivity index (χ2n) is 4.52. The van der Waals surface area contributed by atoms with Crippen LogP contribution >= 0.6 is 0 Å². The molecule has 1 heterocycles. The fourth-order valence-corrected chi connectivity index (χ4v) is 2.12. The van der Waals surface area contributed by atoms with Crippen LogP contribution in [0.1, 0.15) is 32.6 Å². The van der Waals surface area contributed by atoms with Gasteiger partial charge in [0.05, 0.1) is 6.54 Å². The van der Waals surface area contributed by atoms with Gasteiger partial charge in [0.15, 0.2) is 5.58 Å². The standard InChI is InChI=1S/C14H18N2O3/c1-3-14(4-2,13(17)18)15-9-12-16-10-7-5-6-8-11(10)19-12/h5-8,15H,3-4,9H2,1-2H3,(H,17,18). The first-order valence-corrected chi connectivity index (χ1v) is 6.44. The van der Waals surface area contributed by atoms with Crippen LogP contribution in [0.2, 0.25) is 0 Å². The van der Waals surface area contributed by atoms with Gasteiger partial charge >= 0.3 is 5.97 Å². The van der Waals surface area contributed by atoms with Crippen molar-refractivity contribution in [3.05, 3.63) is 30.2 Å². The highest BCUT2D eigenvalue weighted by Crippen LogP contribution is 2.18. The van der Waals surface area contributed by atoms with E-state index in [4.69, 9.17) is 4.42 Å². The van der Waals surface area contributed by atoms with Crippen molar-refractivity contribution in [2.75, 3.05) is 0 Å². The molecule has 0 fully saturated rings. The summed E-state index contributed by atoms with van der Waals surface area (Å²) in [6.45, 7) is 4.02. The molecule has 0 bridgehead atoms. The van der Waals surface area contributed by atoms with Gasteiger partial charge in [-0.3, -0.25) is 10.1 Å². The molecule has 2 rings (SSSR count). The van der Waals surface area contributed by atoms with E-state index in [-0.39, 0.29) is 0 Å². The van der Waals surface area contributed by atoms with E-state index in [9.17, 15) is 9.90 Å². The molecule has 0 aliphatic rings. The topological polar surface area (TPSA) is 75.4 Å². The Morgan fingerprint density at radius 2 is 2.05 bits per heavy atom. The molecule has 1 aromatic carbocycles. The molecule has 0 amide bonds. The third kappa shape index (κ3) is 2.61. The second-order valence-corrected chi connectivity index (χ2v) is 4.52. The van der Waals surface area contributed by atoms with Gasteiger partial charge in [-0.15, -0.1) is 0 Å². The van der Waals surface area contributed by atoms with E-state index in [1.54, 1.807) is 0 Å². The molecule has 102 valence electrons. The van der Waals surface area contributed by atoms with Crippen LogP contribution in [0.15, 0.2) is 28.7 Å². The van der Waals surface area contributed by atoms with Crippen LogP contribution in [0.5, 0.6) is 0 Å². The van der Waals surface area contributed by atoms with E-state index >= 15 is 0 Å². The van der Waals surface area contributed by atoms with E-state index in [0.29, 0.717) is 30.9 Å². The second kappa shape index (κ2) is 5.40. The predicted molar refractivity (Wildman–Crippen MR) is 71.8 cm³/mol. The molecule has 0 unspecified atom stereocenters. The van der Waals surface area contributed by atoms with Crippen LogP contribution in [-0.4, -0.2) is 21.6 Å². The quantitative estimate of drug-likeness (QED) is 0.836. The fraction of sp³-hybridized carbons (Fsp3) is 0.429. The van der Waals surface area contributed by atoms with Gasteiger partial charge in [0.2, 0.25) is 5.89 Å². The normalized spacial score (nSPS) is 11.9. The Morgan fingerprint density at radius 1 is 1.37 bits per heavy atom. The number of benzene rings is 1. The maximum absolute atomic E-state index is 11.4. The molecule has 0 spiro atoms. The first-order chi connectivity index (χ1) is 9.11. The zero-order valence-corrected chi connectivity index (χ0v) is 11.1. The highest BCUT2D eigenvalue weighted by atomic mass is 16.4. The number of carbonyl (C=O) groups is 1. The smallest absolute Gasteiger partial charge is 0.323 e. The van der Waals surface area contributed by atoms with Crippen molar-refractivity contribution in [2.24, 2.45) is 0 Å². The number of hydrogen-bond acceptors (Lipinski definition) is 4. The summed E-state index contributed by atoms with van der Waals surface area (Å²) in [6.07, 6.45) is 1.03. The first-order valence-electron chi connectivity index (χ1n) is 6.44. The summed E-state index contributed by atoms with van der Waals surface area (Å²) in [6, 6.07) is 7.48. The Labute approximate surface area is 111 Å². The fourth-order valence-electron chi connectivity index (χ4n) is 2.12. The van der Waals surface area contributed by atoms with Gasteiger partial charge in [-0.2, -0.15) is 0 Å². The number of nitrogens with one attached hydrogen (secondary N) is 1. The highest BCUT2D eigenvalue weighted by molar-refractivity contribution is 5.78. The summed E-state index contributed by atoms with van der Waals surface area (Å²) in [7, 11) is 0. The van der Waals surface area contributed by atoms with Crippen molar-refractivity contribution in [3.8, 4) is 0 Å². The lowest BCUT2D eigenvalue weighted by atomic mass is 9.93. The summed E-state index contributed by atoms with van der Waals surface area (Å²) in [5.41, 5.74) is 0.585. The van der Waals surface area contributed by atoms with Gasteiger partial charge in [0, 0.05) is 0 Å². The van der Waals surface area contributed by atoms with Crippen molar-refractivity contribution in [1.29, 1.82) is 0 Å². The zero-order chi connectivity index (χ0) is 13.9. The molecule has 5 heteroatoms. The molecule has 5 nitrogen and oxygen atoms in total. The molecule has 2 N–H and O–H groups in total. The number of carboxylic acid groups (broad SMARTS) is 1. The van der Waals surface area contributed by atoms with Crippen molar-refractivity contribution in [2.45, 2.75) is 38.8 Å². The maximum Gasteiger partial charge on any atom is 0.323 e. The Balaban J connectivity index is 2.14. The number of aromatic nitrogens is 1. The Bertz CT molecular complexity index is 540. The van der Waals surface area contributed by atoms with E-state index < -0.39 is 11.5 Å². The highest BCUT2D eigenvalue weighted by Gasteiger charge is 2.34. The first kappa shape index (κ1) is 13.5. The average Bonchev–Trinajstić information content (AvgIpc) is 2.83. The number of oxazole rings is 1. The van der Waals surface area contributed by atoms with Crippen LogP contribution in [-0.2, 0) is 11.3 Å². The number of hydrogen-bond donors (Lipinski definition) is 2. The number of para-hydroxylation sites is 2. The van der Waals surface area contributed by atoms with Crippen molar-refractivity contribution >= 4 is 17.1 Å². The number of fused-ring (bicyclic) bond motifs is 1. The third-order valence-electron chi connectivity index (χ3n) is 3.53. The molecule has 19 heavy (non-hydrogen) atoms. The van der Waals surface area contributed by atoms with Gasteiger partial charge in [-0.25, -0.2) is 4.98 Å². The lowest BCUT2D eigenvalue weighted by molar-refractivity contribution is -0.145. The van der Waals surface area contributed by atoms with E-state index in [1.165, 1.54) is 0 Å². The summed E-state index contributed by atoms with van der Waals surface area (Å²) >= 11 is 0. The lowest BCUT2D eigenvalue weighted by Crippen LogP contribution is -2.50. The van der Waals surface area contributed by atoms with E-state index in [2.05, 4.69) is 10.3 Å². The monoisotopic (exact) mass is 262 g/mol. The van der Waals surface area contributed by atoms with Gasteiger partial charge in [-0.1, -0.05) is 26.0 Å². The number of rotatable bonds is 6. The molecule has 0 atom stereocenters. The van der Waals surface area contributed by atoms with Gasteiger partial charge in [-0.05, 0) is 25.0 Å². The van der Waals surface area contributed by atoms with Gasteiger partial charge < -0.3 is 9.52 Å². The average molecular weight is 262 g/mol. The zero-order valence-electron chi connectivity index (χ0n) is 11.1. The van der Waals surface area contributed by atoms with E-state index in [0.717, 1.165) is 5.52 Å². The molecule has 0 aliphatic carbocycles. The summed E-state index contributed by atoms with van der Waals surface area (Å²) in [5.74, 6) is -0.331. The molecule has 1 aromatic heterocycles. The molecular formula is C14H18N2O3. The van der Waals surface area contributed by atoms with Crippen molar-refractivity contribution < 1.29 is 14.3 Å². The van der Waals surface area contributed by atoms with Crippen molar-refractivity contribution in [3.63, 3.8) is 0 Å². The lowest BCUT2D eigenvalue weighted by Gasteiger charge is -2.27. The minimum Gasteiger partial charge on any atom is -0.480 e. The molecule has 2 aromatic rings. The predicted octanol–water partition coefficient (Wildman–Crippen LogP) is 2.56. The number of carboxylic acids is 1. The molecular weight excluding hydrogens is 244 g/mol. The molecule has 0 radical (unpaired) electrons.